The SMILES string of the molecule is N#Cc1c(SC2(CC(N)=O)C=CC=CC2)nc(N2CCC[C@@H](O)C2)c(C#N)c1C1CC1. The Balaban J connectivity index is 1.84. The second kappa shape index (κ2) is 8.74. The Hall–Kier alpha value is -2.81. The average molecular weight is 436 g/mol. The Morgan fingerprint density at radius 2 is 2.06 bits per heavy atom. The van der Waals surface area contributed by atoms with Crippen molar-refractivity contribution in [3.05, 3.63) is 41.0 Å². The number of piperidine rings is 1. The smallest absolute Gasteiger partial charge is 0.219 e. The number of rotatable bonds is 6. The highest BCUT2D eigenvalue weighted by molar-refractivity contribution is 8.00. The minimum atomic E-state index is -0.618. The van der Waals surface area contributed by atoms with Gasteiger partial charge in [0.2, 0.25) is 5.91 Å². The summed E-state index contributed by atoms with van der Waals surface area (Å²) in [6.45, 7) is 1.12. The molecule has 0 spiro atoms. The van der Waals surface area contributed by atoms with E-state index in [1.807, 2.05) is 29.2 Å². The third-order valence-corrected chi connectivity index (χ3v) is 7.32. The molecule has 31 heavy (non-hydrogen) atoms. The summed E-state index contributed by atoms with van der Waals surface area (Å²) in [5.41, 5.74) is 7.19. The topological polar surface area (TPSA) is 127 Å². The standard InChI is InChI=1S/C23H25N5O2S/c24-12-17-20(15-6-7-15)18(13-25)22(27-21(17)28-10-4-5-16(29)14-28)31-23(11-19(26)30)8-2-1-3-9-23/h1-3,8,15-16,29H,4-7,9-11,14H2,(H2,26,30)/t16-,23?/m1/s1. The van der Waals surface area contributed by atoms with Crippen molar-refractivity contribution in [2.24, 2.45) is 5.73 Å². The third-order valence-electron chi connectivity index (χ3n) is 5.97. The van der Waals surface area contributed by atoms with Crippen molar-refractivity contribution in [3.63, 3.8) is 0 Å². The van der Waals surface area contributed by atoms with Crippen molar-refractivity contribution >= 4 is 23.5 Å². The number of nitrogens with two attached hydrogens (primary N) is 1. The summed E-state index contributed by atoms with van der Waals surface area (Å²) in [6.07, 6.45) is 11.4. The lowest BCUT2D eigenvalue weighted by Gasteiger charge is -2.34. The minimum Gasteiger partial charge on any atom is -0.391 e. The highest BCUT2D eigenvalue weighted by atomic mass is 32.2. The van der Waals surface area contributed by atoms with Gasteiger partial charge >= 0.3 is 0 Å². The van der Waals surface area contributed by atoms with Gasteiger partial charge in [-0.15, -0.1) is 0 Å². The number of thioether (sulfide) groups is 1. The van der Waals surface area contributed by atoms with Gasteiger partial charge in [-0.1, -0.05) is 36.1 Å². The average Bonchev–Trinajstić information content (AvgIpc) is 3.58. The third kappa shape index (κ3) is 4.46. The fourth-order valence-electron chi connectivity index (χ4n) is 4.39. The number of nitriles is 2. The number of primary amides is 1. The van der Waals surface area contributed by atoms with Gasteiger partial charge in [-0.05, 0) is 43.6 Å². The first-order valence-electron chi connectivity index (χ1n) is 10.6. The molecule has 1 aliphatic heterocycles. The molecule has 2 aliphatic carbocycles. The van der Waals surface area contributed by atoms with Crippen LogP contribution in [-0.4, -0.2) is 39.9 Å². The molecular formula is C23H25N5O2S. The van der Waals surface area contributed by atoms with Crippen LogP contribution in [0.15, 0.2) is 29.3 Å². The maximum absolute atomic E-state index is 11.8. The predicted octanol–water partition coefficient (Wildman–Crippen LogP) is 2.89. The number of nitrogens with zero attached hydrogens (tertiary/aromatic N) is 4. The Morgan fingerprint density at radius 3 is 2.65 bits per heavy atom. The zero-order valence-electron chi connectivity index (χ0n) is 17.3. The molecule has 2 heterocycles. The van der Waals surface area contributed by atoms with Gasteiger partial charge in [-0.2, -0.15) is 10.5 Å². The number of aliphatic hydroxyl groups is 1. The molecule has 1 saturated carbocycles. The molecule has 0 aromatic carbocycles. The number of carbonyl (C=O) groups is 1. The maximum atomic E-state index is 11.8. The number of β-amino-alcohol motifs (C(OH)–C–C–N with tert-alkyl or cyclic N) is 1. The summed E-state index contributed by atoms with van der Waals surface area (Å²) in [5, 5.41) is 30.8. The van der Waals surface area contributed by atoms with Crippen LogP contribution in [0.3, 0.4) is 0 Å². The Morgan fingerprint density at radius 1 is 1.29 bits per heavy atom. The summed E-state index contributed by atoms with van der Waals surface area (Å²) in [6, 6.07) is 4.60. The molecule has 160 valence electrons. The van der Waals surface area contributed by atoms with Crippen LogP contribution < -0.4 is 10.6 Å². The first kappa shape index (κ1) is 21.4. The van der Waals surface area contributed by atoms with Crippen molar-refractivity contribution in [2.45, 2.75) is 60.3 Å². The number of allylic oxidation sites excluding steroid dienone is 3. The number of hydrogen-bond acceptors (Lipinski definition) is 7. The highest BCUT2D eigenvalue weighted by Crippen LogP contribution is 2.49. The van der Waals surface area contributed by atoms with Crippen molar-refractivity contribution in [2.75, 3.05) is 18.0 Å². The Labute approximate surface area is 186 Å². The van der Waals surface area contributed by atoms with Gasteiger partial charge < -0.3 is 15.7 Å². The molecule has 2 fully saturated rings. The molecule has 3 N–H and O–H groups in total. The first-order chi connectivity index (χ1) is 15.0. The van der Waals surface area contributed by atoms with Crippen molar-refractivity contribution in [1.29, 1.82) is 10.5 Å². The van der Waals surface area contributed by atoms with E-state index in [2.05, 4.69) is 12.1 Å². The molecule has 8 heteroatoms. The summed E-state index contributed by atoms with van der Waals surface area (Å²) in [5.74, 6) is 0.296. The molecule has 7 nitrogen and oxygen atoms in total. The Bertz CT molecular complexity index is 1030. The second-order valence-corrected chi connectivity index (χ2v) is 9.85. The van der Waals surface area contributed by atoms with E-state index in [1.54, 1.807) is 0 Å². The monoisotopic (exact) mass is 435 g/mol. The molecule has 4 rings (SSSR count). The lowest BCUT2D eigenvalue weighted by atomic mass is 9.96. The van der Waals surface area contributed by atoms with Crippen molar-refractivity contribution < 1.29 is 9.90 Å². The van der Waals surface area contributed by atoms with E-state index in [0.717, 1.165) is 31.2 Å². The molecule has 1 saturated heterocycles. The number of hydrogen-bond donors (Lipinski definition) is 2. The van der Waals surface area contributed by atoms with E-state index < -0.39 is 16.8 Å². The van der Waals surface area contributed by atoms with Crippen LogP contribution in [0.2, 0.25) is 0 Å². The molecule has 1 aromatic heterocycles. The van der Waals surface area contributed by atoms with Crippen LogP contribution in [0, 0.1) is 22.7 Å². The normalized spacial score (nSPS) is 25.1. The Kier molecular flexibility index (Phi) is 6.04. The molecule has 1 aromatic rings. The number of anilines is 1. The van der Waals surface area contributed by atoms with E-state index in [0.29, 0.717) is 41.5 Å². The summed E-state index contributed by atoms with van der Waals surface area (Å²) in [7, 11) is 0. The van der Waals surface area contributed by atoms with E-state index in [9.17, 15) is 20.4 Å². The second-order valence-electron chi connectivity index (χ2n) is 8.45. The lowest BCUT2D eigenvalue weighted by Crippen LogP contribution is -2.39. The quantitative estimate of drug-likeness (QED) is 0.703. The van der Waals surface area contributed by atoms with Crippen LogP contribution in [0.25, 0.3) is 0 Å². The van der Waals surface area contributed by atoms with Gasteiger partial charge in [0.15, 0.2) is 0 Å². The zero-order chi connectivity index (χ0) is 22.0. The van der Waals surface area contributed by atoms with Gasteiger partial charge in [0.1, 0.15) is 23.0 Å². The number of aromatic nitrogens is 1. The summed E-state index contributed by atoms with van der Waals surface area (Å²) < 4.78 is -0.618. The van der Waals surface area contributed by atoms with Crippen LogP contribution >= 0.6 is 11.8 Å². The fourth-order valence-corrected chi connectivity index (χ4v) is 5.71. The van der Waals surface area contributed by atoms with Crippen LogP contribution in [0.5, 0.6) is 0 Å². The van der Waals surface area contributed by atoms with E-state index in [4.69, 9.17) is 10.7 Å². The van der Waals surface area contributed by atoms with Gasteiger partial charge in [0.05, 0.1) is 22.0 Å². The minimum absolute atomic E-state index is 0.127. The number of carbonyl (C=O) groups excluding carboxylic acids is 1. The molecule has 0 bridgehead atoms. The van der Waals surface area contributed by atoms with Crippen molar-refractivity contribution in [3.8, 4) is 12.1 Å². The largest absolute Gasteiger partial charge is 0.391 e. The van der Waals surface area contributed by atoms with Crippen LogP contribution in [0.1, 0.15) is 61.1 Å². The zero-order valence-corrected chi connectivity index (χ0v) is 18.1. The number of amides is 1. The summed E-state index contributed by atoms with van der Waals surface area (Å²) >= 11 is 1.38. The lowest BCUT2D eigenvalue weighted by molar-refractivity contribution is -0.118. The molecule has 0 radical (unpaired) electrons. The molecule has 1 unspecified atom stereocenters. The van der Waals surface area contributed by atoms with Gasteiger partial charge in [-0.3, -0.25) is 4.79 Å². The van der Waals surface area contributed by atoms with E-state index in [-0.39, 0.29) is 12.3 Å². The van der Waals surface area contributed by atoms with Gasteiger partial charge in [-0.25, -0.2) is 4.98 Å². The first-order valence-corrected chi connectivity index (χ1v) is 11.4. The number of pyridine rings is 1. The molecule has 3 aliphatic rings. The van der Waals surface area contributed by atoms with Crippen LogP contribution in [-0.2, 0) is 4.79 Å². The molecule has 1 amide bonds. The highest BCUT2D eigenvalue weighted by Gasteiger charge is 2.38. The van der Waals surface area contributed by atoms with Crippen LogP contribution in [0.4, 0.5) is 5.82 Å². The maximum Gasteiger partial charge on any atom is 0.219 e. The number of aliphatic hydroxyl groups excluding tert-OH is 1. The van der Waals surface area contributed by atoms with Gasteiger partial charge in [0.25, 0.3) is 0 Å². The predicted molar refractivity (Wildman–Crippen MR) is 118 cm³/mol. The summed E-state index contributed by atoms with van der Waals surface area (Å²) in [4.78, 5) is 18.6. The van der Waals surface area contributed by atoms with E-state index >= 15 is 0 Å². The van der Waals surface area contributed by atoms with Crippen molar-refractivity contribution in [1.82, 2.24) is 4.98 Å². The fraction of sp³-hybridized carbons (Fsp3) is 0.478. The molecular weight excluding hydrogens is 410 g/mol. The van der Waals surface area contributed by atoms with Gasteiger partial charge in [0, 0.05) is 19.5 Å². The van der Waals surface area contributed by atoms with E-state index in [1.165, 1.54) is 11.8 Å². The molecule has 2 atom stereocenters.